The lowest BCUT2D eigenvalue weighted by Crippen LogP contribution is -2.14. The zero-order valence-electron chi connectivity index (χ0n) is 13.1. The van der Waals surface area contributed by atoms with Crippen molar-refractivity contribution in [2.75, 3.05) is 11.9 Å². The molecular formula is C18H18N2O2S. The third kappa shape index (κ3) is 3.87. The van der Waals surface area contributed by atoms with Gasteiger partial charge in [-0.25, -0.2) is 4.98 Å². The molecule has 0 saturated heterocycles. The van der Waals surface area contributed by atoms with E-state index in [-0.39, 0.29) is 5.91 Å². The second-order valence-corrected chi connectivity index (χ2v) is 6.32. The number of aromatic nitrogens is 1. The summed E-state index contributed by atoms with van der Waals surface area (Å²) in [6.45, 7) is 4.63. The van der Waals surface area contributed by atoms with Gasteiger partial charge in [0.1, 0.15) is 5.75 Å². The molecule has 0 atom stereocenters. The van der Waals surface area contributed by atoms with E-state index in [1.807, 2.05) is 50.2 Å². The highest BCUT2D eigenvalue weighted by Gasteiger charge is 2.09. The van der Waals surface area contributed by atoms with Crippen LogP contribution in [0.3, 0.4) is 0 Å². The van der Waals surface area contributed by atoms with Crippen molar-refractivity contribution in [1.29, 1.82) is 0 Å². The molecule has 0 aliphatic heterocycles. The van der Waals surface area contributed by atoms with Gasteiger partial charge >= 0.3 is 0 Å². The van der Waals surface area contributed by atoms with Crippen LogP contribution in [0.4, 0.5) is 5.13 Å². The second kappa shape index (κ2) is 6.79. The number of carbonyl (C=O) groups is 1. The average Bonchev–Trinajstić information content (AvgIpc) is 2.90. The summed E-state index contributed by atoms with van der Waals surface area (Å²) in [4.78, 5) is 16.6. The minimum absolute atomic E-state index is 0.0649. The first-order valence-corrected chi connectivity index (χ1v) is 8.34. The van der Waals surface area contributed by atoms with Crippen LogP contribution < -0.4 is 10.1 Å². The van der Waals surface area contributed by atoms with Crippen LogP contribution >= 0.6 is 11.3 Å². The molecular weight excluding hydrogens is 308 g/mol. The number of nitrogens with one attached hydrogen (secondary N) is 1. The highest BCUT2D eigenvalue weighted by molar-refractivity contribution is 7.22. The number of anilines is 1. The first-order valence-electron chi connectivity index (χ1n) is 7.53. The van der Waals surface area contributed by atoms with Crippen molar-refractivity contribution in [2.45, 2.75) is 20.3 Å². The molecule has 0 unspecified atom stereocenters. The third-order valence-electron chi connectivity index (χ3n) is 3.39. The van der Waals surface area contributed by atoms with Crippen LogP contribution in [0.1, 0.15) is 18.1 Å². The molecule has 23 heavy (non-hydrogen) atoms. The molecule has 3 aromatic rings. The zero-order chi connectivity index (χ0) is 16.2. The maximum Gasteiger partial charge on any atom is 0.230 e. The first kappa shape index (κ1) is 15.5. The number of benzene rings is 2. The molecule has 0 aliphatic rings. The third-order valence-corrected chi connectivity index (χ3v) is 4.32. The molecule has 0 spiro atoms. The molecule has 2 aromatic carbocycles. The maximum atomic E-state index is 12.2. The van der Waals surface area contributed by atoms with E-state index in [0.29, 0.717) is 18.2 Å². The number of rotatable bonds is 5. The number of ether oxygens (including phenoxy) is 1. The van der Waals surface area contributed by atoms with E-state index < -0.39 is 0 Å². The van der Waals surface area contributed by atoms with Gasteiger partial charge in [0.05, 0.1) is 23.2 Å². The summed E-state index contributed by atoms with van der Waals surface area (Å²) in [6, 6.07) is 13.7. The van der Waals surface area contributed by atoms with Crippen LogP contribution in [0.15, 0.2) is 42.5 Å². The van der Waals surface area contributed by atoms with Gasteiger partial charge in [-0.3, -0.25) is 4.79 Å². The Balaban J connectivity index is 1.65. The fraction of sp³-hybridized carbons (Fsp3) is 0.222. The van der Waals surface area contributed by atoms with Crippen LogP contribution in [-0.2, 0) is 11.2 Å². The molecule has 1 amide bonds. The van der Waals surface area contributed by atoms with Crippen LogP contribution in [0, 0.1) is 6.92 Å². The molecule has 0 aliphatic carbocycles. The molecule has 0 saturated carbocycles. The average molecular weight is 326 g/mol. The highest BCUT2D eigenvalue weighted by atomic mass is 32.1. The van der Waals surface area contributed by atoms with Crippen molar-refractivity contribution in [3.63, 3.8) is 0 Å². The molecule has 118 valence electrons. The van der Waals surface area contributed by atoms with E-state index in [2.05, 4.69) is 16.4 Å². The molecule has 1 heterocycles. The number of fused-ring (bicyclic) bond motifs is 1. The summed E-state index contributed by atoms with van der Waals surface area (Å²) >= 11 is 1.50. The van der Waals surface area contributed by atoms with Crippen LogP contribution in [0.5, 0.6) is 5.75 Å². The summed E-state index contributed by atoms with van der Waals surface area (Å²) in [5.74, 6) is 0.753. The lowest BCUT2D eigenvalue weighted by atomic mass is 10.1. The quantitative estimate of drug-likeness (QED) is 0.765. The van der Waals surface area contributed by atoms with Crippen LogP contribution in [0.25, 0.3) is 10.2 Å². The molecule has 1 aromatic heterocycles. The summed E-state index contributed by atoms with van der Waals surface area (Å²) in [5, 5.41) is 3.52. The van der Waals surface area contributed by atoms with E-state index in [1.54, 1.807) is 0 Å². The number of aryl methyl sites for hydroxylation is 1. The number of hydrogen-bond acceptors (Lipinski definition) is 4. The van der Waals surface area contributed by atoms with Gasteiger partial charge in [0.15, 0.2) is 5.13 Å². The lowest BCUT2D eigenvalue weighted by Gasteiger charge is -2.05. The van der Waals surface area contributed by atoms with Crippen molar-refractivity contribution in [1.82, 2.24) is 4.98 Å². The molecule has 0 bridgehead atoms. The Morgan fingerprint density at radius 1 is 1.22 bits per heavy atom. The smallest absolute Gasteiger partial charge is 0.230 e. The van der Waals surface area contributed by atoms with E-state index in [1.165, 1.54) is 16.9 Å². The van der Waals surface area contributed by atoms with Gasteiger partial charge in [-0.05, 0) is 49.2 Å². The van der Waals surface area contributed by atoms with Gasteiger partial charge < -0.3 is 10.1 Å². The number of thiazole rings is 1. The normalized spacial score (nSPS) is 10.7. The standard InChI is InChI=1S/C18H18N2O2S/c1-3-22-14-7-5-13(6-8-14)11-17(21)20-18-19-15-9-4-12(2)10-16(15)23-18/h4-10H,3,11H2,1-2H3,(H,19,20,21). The van der Waals surface area contributed by atoms with Gasteiger partial charge in [0, 0.05) is 0 Å². The fourth-order valence-corrected chi connectivity index (χ4v) is 3.28. The highest BCUT2D eigenvalue weighted by Crippen LogP contribution is 2.26. The molecule has 0 fully saturated rings. The van der Waals surface area contributed by atoms with Crippen molar-refractivity contribution in [3.05, 3.63) is 53.6 Å². The Kier molecular flexibility index (Phi) is 4.57. The van der Waals surface area contributed by atoms with Crippen molar-refractivity contribution in [2.24, 2.45) is 0 Å². The Hall–Kier alpha value is -2.40. The number of amides is 1. The van der Waals surface area contributed by atoms with Gasteiger partial charge in [-0.1, -0.05) is 29.5 Å². The topological polar surface area (TPSA) is 51.2 Å². The van der Waals surface area contributed by atoms with Crippen LogP contribution in [0.2, 0.25) is 0 Å². The fourth-order valence-electron chi connectivity index (χ4n) is 2.30. The van der Waals surface area contributed by atoms with Gasteiger partial charge in [-0.2, -0.15) is 0 Å². The van der Waals surface area contributed by atoms with E-state index in [9.17, 15) is 4.79 Å². The largest absolute Gasteiger partial charge is 0.494 e. The number of hydrogen-bond donors (Lipinski definition) is 1. The van der Waals surface area contributed by atoms with Gasteiger partial charge in [-0.15, -0.1) is 0 Å². The predicted octanol–water partition coefficient (Wildman–Crippen LogP) is 4.18. The molecule has 3 rings (SSSR count). The Morgan fingerprint density at radius 2 is 2.00 bits per heavy atom. The lowest BCUT2D eigenvalue weighted by molar-refractivity contribution is -0.115. The summed E-state index contributed by atoms with van der Waals surface area (Å²) in [7, 11) is 0. The summed E-state index contributed by atoms with van der Waals surface area (Å²) < 4.78 is 6.48. The number of carbonyl (C=O) groups excluding carboxylic acids is 1. The SMILES string of the molecule is CCOc1ccc(CC(=O)Nc2nc3ccc(C)cc3s2)cc1. The van der Waals surface area contributed by atoms with E-state index >= 15 is 0 Å². The van der Waals surface area contributed by atoms with Crippen molar-refractivity contribution < 1.29 is 9.53 Å². The molecule has 4 nitrogen and oxygen atoms in total. The van der Waals surface area contributed by atoms with Gasteiger partial charge in [0.2, 0.25) is 5.91 Å². The van der Waals surface area contributed by atoms with Gasteiger partial charge in [0.25, 0.3) is 0 Å². The maximum absolute atomic E-state index is 12.2. The van der Waals surface area contributed by atoms with Crippen molar-refractivity contribution >= 4 is 32.6 Å². The van der Waals surface area contributed by atoms with Crippen molar-refractivity contribution in [3.8, 4) is 5.75 Å². The Bertz CT molecular complexity index is 825. The summed E-state index contributed by atoms with van der Waals surface area (Å²) in [6.07, 6.45) is 0.321. The second-order valence-electron chi connectivity index (χ2n) is 5.29. The van der Waals surface area contributed by atoms with E-state index in [4.69, 9.17) is 4.74 Å². The first-order chi connectivity index (χ1) is 11.1. The number of nitrogens with zero attached hydrogens (tertiary/aromatic N) is 1. The summed E-state index contributed by atoms with van der Waals surface area (Å²) in [5.41, 5.74) is 3.05. The monoisotopic (exact) mass is 326 g/mol. The predicted molar refractivity (Wildman–Crippen MR) is 94.3 cm³/mol. The molecule has 1 N–H and O–H groups in total. The molecule has 0 radical (unpaired) electrons. The van der Waals surface area contributed by atoms with E-state index in [0.717, 1.165) is 21.5 Å². The minimum Gasteiger partial charge on any atom is -0.494 e. The van der Waals surface area contributed by atoms with Crippen LogP contribution in [-0.4, -0.2) is 17.5 Å². The Morgan fingerprint density at radius 3 is 2.74 bits per heavy atom. The Labute approximate surface area is 139 Å². The minimum atomic E-state index is -0.0649. The molecule has 5 heteroatoms. The zero-order valence-corrected chi connectivity index (χ0v) is 13.9.